The zero-order valence-corrected chi connectivity index (χ0v) is 11.1. The third kappa shape index (κ3) is 2.17. The highest BCUT2D eigenvalue weighted by molar-refractivity contribution is 9.10. The van der Waals surface area contributed by atoms with Crippen LogP contribution in [0.15, 0.2) is 39.5 Å². The van der Waals surface area contributed by atoms with Gasteiger partial charge in [0, 0.05) is 10.7 Å². The summed E-state index contributed by atoms with van der Waals surface area (Å²) in [5.74, 6) is -0.958. The Morgan fingerprint density at radius 2 is 2.12 bits per heavy atom. The molecule has 82 valence electrons. The van der Waals surface area contributed by atoms with Crippen LogP contribution in [-0.4, -0.2) is 20.9 Å². The molecule has 0 radical (unpaired) electrons. The standard InChI is InChI=1S/C10H6Br2N2O2/c11-6-4-13-14(5-6)7-1-2-8(10(15)16)9(12)3-7/h1-5H,(H,15,16). The predicted molar refractivity (Wildman–Crippen MR) is 65.9 cm³/mol. The van der Waals surface area contributed by atoms with Crippen molar-refractivity contribution in [2.45, 2.75) is 0 Å². The highest BCUT2D eigenvalue weighted by atomic mass is 79.9. The lowest BCUT2D eigenvalue weighted by Crippen LogP contribution is -2.00. The Morgan fingerprint density at radius 1 is 1.38 bits per heavy atom. The lowest BCUT2D eigenvalue weighted by atomic mass is 10.2. The first-order valence-electron chi connectivity index (χ1n) is 4.31. The summed E-state index contributed by atoms with van der Waals surface area (Å²) in [7, 11) is 0. The molecule has 6 heteroatoms. The molecule has 4 nitrogen and oxygen atoms in total. The van der Waals surface area contributed by atoms with Crippen LogP contribution in [0.4, 0.5) is 0 Å². The molecule has 0 aliphatic heterocycles. The summed E-state index contributed by atoms with van der Waals surface area (Å²) in [5.41, 5.74) is 1.03. The summed E-state index contributed by atoms with van der Waals surface area (Å²) < 4.78 is 3.05. The molecular formula is C10H6Br2N2O2. The van der Waals surface area contributed by atoms with Gasteiger partial charge in [0.15, 0.2) is 0 Å². The van der Waals surface area contributed by atoms with Gasteiger partial charge in [-0.1, -0.05) is 0 Å². The van der Waals surface area contributed by atoms with E-state index < -0.39 is 5.97 Å². The van der Waals surface area contributed by atoms with E-state index in [2.05, 4.69) is 37.0 Å². The maximum Gasteiger partial charge on any atom is 0.336 e. The molecule has 1 heterocycles. The van der Waals surface area contributed by atoms with E-state index in [0.717, 1.165) is 10.2 Å². The van der Waals surface area contributed by atoms with Crippen molar-refractivity contribution in [2.75, 3.05) is 0 Å². The molecule has 0 aliphatic rings. The fraction of sp³-hybridized carbons (Fsp3) is 0. The van der Waals surface area contributed by atoms with Gasteiger partial charge in [0.05, 0.1) is 21.9 Å². The van der Waals surface area contributed by atoms with Crippen LogP contribution in [0, 0.1) is 0 Å². The maximum absolute atomic E-state index is 10.8. The number of halogens is 2. The number of carboxylic acid groups (broad SMARTS) is 1. The van der Waals surface area contributed by atoms with Gasteiger partial charge in [-0.3, -0.25) is 0 Å². The van der Waals surface area contributed by atoms with Crippen LogP contribution in [0.2, 0.25) is 0 Å². The minimum absolute atomic E-state index is 0.231. The average Bonchev–Trinajstić information content (AvgIpc) is 2.64. The van der Waals surface area contributed by atoms with Gasteiger partial charge < -0.3 is 5.11 Å². The summed E-state index contributed by atoms with van der Waals surface area (Å²) >= 11 is 6.51. The first-order chi connectivity index (χ1) is 7.58. The lowest BCUT2D eigenvalue weighted by Gasteiger charge is -2.04. The van der Waals surface area contributed by atoms with Crippen LogP contribution in [-0.2, 0) is 0 Å². The fourth-order valence-electron chi connectivity index (χ4n) is 1.26. The Bertz CT molecular complexity index is 552. The highest BCUT2D eigenvalue weighted by Gasteiger charge is 2.09. The lowest BCUT2D eigenvalue weighted by molar-refractivity contribution is 0.0696. The molecule has 0 saturated carbocycles. The Balaban J connectivity index is 2.45. The second-order valence-corrected chi connectivity index (χ2v) is 4.84. The van der Waals surface area contributed by atoms with E-state index in [1.807, 2.05) is 0 Å². The van der Waals surface area contributed by atoms with Gasteiger partial charge in [-0.25, -0.2) is 9.48 Å². The summed E-state index contributed by atoms with van der Waals surface area (Å²) in [6.07, 6.45) is 3.46. The van der Waals surface area contributed by atoms with Crippen LogP contribution in [0.5, 0.6) is 0 Å². The van der Waals surface area contributed by atoms with E-state index in [1.54, 1.807) is 29.2 Å². The Kier molecular flexibility index (Phi) is 3.11. The van der Waals surface area contributed by atoms with Crippen LogP contribution in [0.1, 0.15) is 10.4 Å². The Labute approximate surface area is 108 Å². The molecule has 0 atom stereocenters. The van der Waals surface area contributed by atoms with E-state index in [1.165, 1.54) is 6.07 Å². The van der Waals surface area contributed by atoms with Crippen molar-refractivity contribution in [1.29, 1.82) is 0 Å². The van der Waals surface area contributed by atoms with Crippen molar-refractivity contribution < 1.29 is 9.90 Å². The largest absolute Gasteiger partial charge is 0.478 e. The zero-order chi connectivity index (χ0) is 11.7. The van der Waals surface area contributed by atoms with Crippen molar-refractivity contribution in [3.8, 4) is 5.69 Å². The molecule has 2 aromatic rings. The van der Waals surface area contributed by atoms with E-state index >= 15 is 0 Å². The molecule has 1 N–H and O–H groups in total. The van der Waals surface area contributed by atoms with Gasteiger partial charge in [0.2, 0.25) is 0 Å². The van der Waals surface area contributed by atoms with Crippen molar-refractivity contribution in [2.24, 2.45) is 0 Å². The smallest absolute Gasteiger partial charge is 0.336 e. The molecular weight excluding hydrogens is 340 g/mol. The maximum atomic E-state index is 10.8. The van der Waals surface area contributed by atoms with Gasteiger partial charge >= 0.3 is 5.97 Å². The number of nitrogens with zero attached hydrogens (tertiary/aromatic N) is 2. The summed E-state index contributed by atoms with van der Waals surface area (Å²) in [4.78, 5) is 10.8. The van der Waals surface area contributed by atoms with E-state index in [9.17, 15) is 4.79 Å². The van der Waals surface area contributed by atoms with Crippen LogP contribution < -0.4 is 0 Å². The predicted octanol–water partition coefficient (Wildman–Crippen LogP) is 3.10. The summed E-state index contributed by atoms with van der Waals surface area (Å²) in [6.45, 7) is 0. The monoisotopic (exact) mass is 344 g/mol. The van der Waals surface area contributed by atoms with Gasteiger partial charge in [-0.15, -0.1) is 0 Å². The molecule has 0 bridgehead atoms. The van der Waals surface area contributed by atoms with Crippen LogP contribution >= 0.6 is 31.9 Å². The van der Waals surface area contributed by atoms with Crippen molar-refractivity contribution >= 4 is 37.8 Å². The average molecular weight is 346 g/mol. The number of aromatic nitrogens is 2. The van der Waals surface area contributed by atoms with E-state index in [-0.39, 0.29) is 5.56 Å². The van der Waals surface area contributed by atoms with Crippen molar-refractivity contribution in [3.05, 3.63) is 45.1 Å². The Hall–Kier alpha value is -1.14. The molecule has 1 aromatic carbocycles. The molecule has 0 spiro atoms. The SMILES string of the molecule is O=C(O)c1ccc(-n2cc(Br)cn2)cc1Br. The number of benzene rings is 1. The number of hydrogen-bond donors (Lipinski definition) is 1. The van der Waals surface area contributed by atoms with Crippen molar-refractivity contribution in [3.63, 3.8) is 0 Å². The number of aromatic carboxylic acids is 1. The number of hydrogen-bond acceptors (Lipinski definition) is 2. The summed E-state index contributed by atoms with van der Waals surface area (Å²) in [6, 6.07) is 4.95. The number of rotatable bonds is 2. The molecule has 2 rings (SSSR count). The first-order valence-corrected chi connectivity index (χ1v) is 5.90. The zero-order valence-electron chi connectivity index (χ0n) is 7.89. The third-order valence-electron chi connectivity index (χ3n) is 2.00. The quantitative estimate of drug-likeness (QED) is 0.909. The number of carbonyl (C=O) groups is 1. The topological polar surface area (TPSA) is 55.1 Å². The molecule has 0 fully saturated rings. The second-order valence-electron chi connectivity index (χ2n) is 3.07. The highest BCUT2D eigenvalue weighted by Crippen LogP contribution is 2.21. The minimum Gasteiger partial charge on any atom is -0.478 e. The minimum atomic E-state index is -0.958. The van der Waals surface area contributed by atoms with Gasteiger partial charge in [-0.2, -0.15) is 5.10 Å². The van der Waals surface area contributed by atoms with E-state index in [4.69, 9.17) is 5.11 Å². The molecule has 0 amide bonds. The molecule has 16 heavy (non-hydrogen) atoms. The number of carboxylic acids is 1. The fourth-order valence-corrected chi connectivity index (χ4v) is 2.08. The second kappa shape index (κ2) is 4.39. The van der Waals surface area contributed by atoms with Crippen LogP contribution in [0.3, 0.4) is 0 Å². The van der Waals surface area contributed by atoms with E-state index in [0.29, 0.717) is 4.47 Å². The molecule has 1 aromatic heterocycles. The summed E-state index contributed by atoms with van der Waals surface area (Å²) in [5, 5.41) is 13.0. The van der Waals surface area contributed by atoms with Gasteiger partial charge in [-0.05, 0) is 50.1 Å². The van der Waals surface area contributed by atoms with Gasteiger partial charge in [0.1, 0.15) is 0 Å². The van der Waals surface area contributed by atoms with Crippen molar-refractivity contribution in [1.82, 2.24) is 9.78 Å². The normalized spacial score (nSPS) is 10.4. The first kappa shape index (κ1) is 11.3. The Morgan fingerprint density at radius 3 is 2.62 bits per heavy atom. The molecule has 0 aliphatic carbocycles. The molecule has 0 saturated heterocycles. The molecule has 0 unspecified atom stereocenters. The van der Waals surface area contributed by atoms with Gasteiger partial charge in [0.25, 0.3) is 0 Å². The third-order valence-corrected chi connectivity index (χ3v) is 3.06. The van der Waals surface area contributed by atoms with Crippen LogP contribution in [0.25, 0.3) is 5.69 Å².